The molecule has 1 aliphatic rings. The third-order valence-corrected chi connectivity index (χ3v) is 2.95. The molecule has 0 aromatic carbocycles. The Morgan fingerprint density at radius 1 is 1.61 bits per heavy atom. The fraction of sp³-hybridized carbons (Fsp3) is 0.538. The lowest BCUT2D eigenvalue weighted by molar-refractivity contribution is 0.0951. The topological polar surface area (TPSA) is 63.2 Å². The first-order valence-electron chi connectivity index (χ1n) is 6.35. The van der Waals surface area contributed by atoms with Gasteiger partial charge >= 0.3 is 0 Å². The van der Waals surface area contributed by atoms with Gasteiger partial charge in [0.15, 0.2) is 0 Å². The molecule has 0 spiro atoms. The number of nitrogens with one attached hydrogen (secondary N) is 2. The van der Waals surface area contributed by atoms with Crippen molar-refractivity contribution in [1.82, 2.24) is 10.3 Å². The van der Waals surface area contributed by atoms with Crippen molar-refractivity contribution in [3.63, 3.8) is 0 Å². The fourth-order valence-corrected chi connectivity index (χ4v) is 1.92. The highest BCUT2D eigenvalue weighted by molar-refractivity contribution is 5.93. The van der Waals surface area contributed by atoms with Gasteiger partial charge in [-0.25, -0.2) is 0 Å². The van der Waals surface area contributed by atoms with E-state index in [1.54, 1.807) is 12.3 Å². The van der Waals surface area contributed by atoms with E-state index in [1.807, 2.05) is 13.0 Å². The average Bonchev–Trinajstić information content (AvgIpc) is 2.90. The monoisotopic (exact) mass is 249 g/mol. The van der Waals surface area contributed by atoms with Gasteiger partial charge in [-0.3, -0.25) is 9.78 Å². The largest absolute Gasteiger partial charge is 0.385 e. The van der Waals surface area contributed by atoms with Crippen LogP contribution >= 0.6 is 0 Å². The van der Waals surface area contributed by atoms with Gasteiger partial charge in [-0.05, 0) is 25.5 Å². The minimum atomic E-state index is -0.134. The van der Waals surface area contributed by atoms with Crippen molar-refractivity contribution in [2.45, 2.75) is 13.3 Å². The van der Waals surface area contributed by atoms with E-state index >= 15 is 0 Å². The zero-order chi connectivity index (χ0) is 12.8. The van der Waals surface area contributed by atoms with Crippen LogP contribution in [-0.4, -0.2) is 37.2 Å². The van der Waals surface area contributed by atoms with Gasteiger partial charge in [-0.15, -0.1) is 0 Å². The molecule has 18 heavy (non-hydrogen) atoms. The minimum Gasteiger partial charge on any atom is -0.385 e. The van der Waals surface area contributed by atoms with E-state index in [2.05, 4.69) is 15.6 Å². The third-order valence-electron chi connectivity index (χ3n) is 2.95. The Bertz CT molecular complexity index is 403. The summed E-state index contributed by atoms with van der Waals surface area (Å²) < 4.78 is 5.32. The Kier molecular flexibility index (Phi) is 4.52. The molecule has 98 valence electrons. The van der Waals surface area contributed by atoms with E-state index in [9.17, 15) is 4.79 Å². The van der Waals surface area contributed by atoms with Crippen molar-refractivity contribution in [2.75, 3.05) is 31.6 Å². The van der Waals surface area contributed by atoms with E-state index in [1.165, 1.54) is 0 Å². The molecule has 1 saturated heterocycles. The van der Waals surface area contributed by atoms with Crippen molar-refractivity contribution < 1.29 is 9.53 Å². The minimum absolute atomic E-state index is 0.134. The fourth-order valence-electron chi connectivity index (χ4n) is 1.92. The summed E-state index contributed by atoms with van der Waals surface area (Å²) in [5.41, 5.74) is 1.38. The molecule has 0 bridgehead atoms. The van der Waals surface area contributed by atoms with Crippen LogP contribution in [0.1, 0.15) is 23.8 Å². The number of anilines is 1. The molecule has 1 aromatic heterocycles. The molecule has 5 nitrogen and oxygen atoms in total. The molecule has 1 unspecified atom stereocenters. The molecule has 1 aliphatic heterocycles. The summed E-state index contributed by atoms with van der Waals surface area (Å²) in [6.45, 7) is 5.05. The lowest BCUT2D eigenvalue weighted by Crippen LogP contribution is -2.24. The summed E-state index contributed by atoms with van der Waals surface area (Å²) in [4.78, 5) is 15.7. The van der Waals surface area contributed by atoms with Crippen molar-refractivity contribution in [1.29, 1.82) is 0 Å². The van der Waals surface area contributed by atoms with Crippen molar-refractivity contribution in [3.8, 4) is 0 Å². The summed E-state index contributed by atoms with van der Waals surface area (Å²) in [6.07, 6.45) is 2.75. The second-order valence-electron chi connectivity index (χ2n) is 4.40. The standard InChI is InChI=1S/C13H19N3O2/c1-2-14-13(17)12-7-11(3-5-15-12)16-8-10-4-6-18-9-10/h3,5,7,10H,2,4,6,8-9H2,1H3,(H,14,17)(H,15,16). The first-order chi connectivity index (χ1) is 8.79. The molecule has 5 heteroatoms. The number of amides is 1. The van der Waals surface area contributed by atoms with Gasteiger partial charge in [0.25, 0.3) is 5.91 Å². The Balaban J connectivity index is 1.91. The second kappa shape index (κ2) is 6.35. The predicted molar refractivity (Wildman–Crippen MR) is 69.7 cm³/mol. The highest BCUT2D eigenvalue weighted by Crippen LogP contribution is 2.14. The van der Waals surface area contributed by atoms with Crippen LogP contribution in [0, 0.1) is 5.92 Å². The van der Waals surface area contributed by atoms with Crippen molar-refractivity contribution in [2.24, 2.45) is 5.92 Å². The molecule has 0 aliphatic carbocycles. The van der Waals surface area contributed by atoms with Gasteiger partial charge in [0.2, 0.25) is 0 Å². The number of pyridine rings is 1. The van der Waals surface area contributed by atoms with Crippen LogP contribution in [0.4, 0.5) is 5.69 Å². The van der Waals surface area contributed by atoms with Gasteiger partial charge in [0.1, 0.15) is 5.69 Å². The maximum Gasteiger partial charge on any atom is 0.269 e. The number of hydrogen-bond donors (Lipinski definition) is 2. The van der Waals surface area contributed by atoms with E-state index < -0.39 is 0 Å². The number of rotatable bonds is 5. The maximum absolute atomic E-state index is 11.6. The SMILES string of the molecule is CCNC(=O)c1cc(NCC2CCOC2)ccn1. The number of aromatic nitrogens is 1. The Labute approximate surface area is 107 Å². The van der Waals surface area contributed by atoms with Gasteiger partial charge in [0, 0.05) is 37.5 Å². The van der Waals surface area contributed by atoms with E-state index in [-0.39, 0.29) is 5.91 Å². The van der Waals surface area contributed by atoms with E-state index in [4.69, 9.17) is 4.74 Å². The van der Waals surface area contributed by atoms with Gasteiger partial charge in [0.05, 0.1) is 6.61 Å². The van der Waals surface area contributed by atoms with E-state index in [0.29, 0.717) is 18.2 Å². The highest BCUT2D eigenvalue weighted by Gasteiger charge is 2.15. The molecule has 2 heterocycles. The van der Waals surface area contributed by atoms with Crippen molar-refractivity contribution in [3.05, 3.63) is 24.0 Å². The molecule has 0 saturated carbocycles. The molecule has 1 amide bonds. The second-order valence-corrected chi connectivity index (χ2v) is 4.40. The number of hydrogen-bond acceptors (Lipinski definition) is 4. The predicted octanol–water partition coefficient (Wildman–Crippen LogP) is 1.28. The molecule has 2 rings (SSSR count). The zero-order valence-electron chi connectivity index (χ0n) is 10.6. The van der Waals surface area contributed by atoms with Crippen LogP contribution in [-0.2, 0) is 4.74 Å². The molecule has 0 radical (unpaired) electrons. The van der Waals surface area contributed by atoms with Gasteiger partial charge < -0.3 is 15.4 Å². The normalized spacial score (nSPS) is 18.6. The van der Waals surface area contributed by atoms with E-state index in [0.717, 1.165) is 31.9 Å². The summed E-state index contributed by atoms with van der Waals surface area (Å²) >= 11 is 0. The Hall–Kier alpha value is -1.62. The quantitative estimate of drug-likeness (QED) is 0.825. The molecular formula is C13H19N3O2. The summed E-state index contributed by atoms with van der Waals surface area (Å²) in [5.74, 6) is 0.427. The van der Waals surface area contributed by atoms with Gasteiger partial charge in [-0.2, -0.15) is 0 Å². The number of carbonyl (C=O) groups excluding carboxylic acids is 1. The van der Waals surface area contributed by atoms with Crippen LogP contribution in [0.15, 0.2) is 18.3 Å². The van der Waals surface area contributed by atoms with Gasteiger partial charge in [-0.1, -0.05) is 0 Å². The van der Waals surface area contributed by atoms with Crippen LogP contribution in [0.25, 0.3) is 0 Å². The first kappa shape index (κ1) is 12.8. The Morgan fingerprint density at radius 2 is 2.50 bits per heavy atom. The van der Waals surface area contributed by atoms with Crippen LogP contribution in [0.5, 0.6) is 0 Å². The Morgan fingerprint density at radius 3 is 3.22 bits per heavy atom. The number of nitrogens with zero attached hydrogens (tertiary/aromatic N) is 1. The molecule has 2 N–H and O–H groups in total. The third kappa shape index (κ3) is 3.43. The maximum atomic E-state index is 11.6. The first-order valence-corrected chi connectivity index (χ1v) is 6.35. The number of carbonyl (C=O) groups is 1. The average molecular weight is 249 g/mol. The number of ether oxygens (including phenoxy) is 1. The molecule has 1 fully saturated rings. The zero-order valence-corrected chi connectivity index (χ0v) is 10.6. The lowest BCUT2D eigenvalue weighted by atomic mass is 10.1. The molecular weight excluding hydrogens is 230 g/mol. The van der Waals surface area contributed by atoms with Crippen LogP contribution < -0.4 is 10.6 Å². The smallest absolute Gasteiger partial charge is 0.269 e. The molecule has 1 atom stereocenters. The summed E-state index contributed by atoms with van der Waals surface area (Å²) in [7, 11) is 0. The van der Waals surface area contributed by atoms with Crippen LogP contribution in [0.3, 0.4) is 0 Å². The van der Waals surface area contributed by atoms with Crippen molar-refractivity contribution >= 4 is 11.6 Å². The lowest BCUT2D eigenvalue weighted by Gasteiger charge is -2.11. The summed E-state index contributed by atoms with van der Waals surface area (Å²) in [5, 5.41) is 6.06. The highest BCUT2D eigenvalue weighted by atomic mass is 16.5. The summed E-state index contributed by atoms with van der Waals surface area (Å²) in [6, 6.07) is 3.65. The molecule has 1 aromatic rings. The van der Waals surface area contributed by atoms with Crippen LogP contribution in [0.2, 0.25) is 0 Å².